The number of nitrogens with one attached hydrogen (secondary N) is 1. The van der Waals surface area contributed by atoms with Crippen molar-refractivity contribution in [1.82, 2.24) is 5.32 Å². The van der Waals surface area contributed by atoms with Gasteiger partial charge in [-0.3, -0.25) is 9.59 Å². The van der Waals surface area contributed by atoms with Crippen LogP contribution in [0.25, 0.3) is 0 Å². The summed E-state index contributed by atoms with van der Waals surface area (Å²) < 4.78 is 11.0. The minimum Gasteiger partial charge on any atom is -0.486 e. The van der Waals surface area contributed by atoms with Gasteiger partial charge >= 0.3 is 0 Å². The molecule has 0 atom stereocenters. The Bertz CT molecular complexity index is 833. The normalized spacial score (nSPS) is 12.5. The molecule has 6 heteroatoms. The van der Waals surface area contributed by atoms with E-state index >= 15 is 0 Å². The average Bonchev–Trinajstić information content (AvgIpc) is 2.70. The van der Waals surface area contributed by atoms with E-state index in [1.165, 1.54) is 5.56 Å². The Labute approximate surface area is 163 Å². The van der Waals surface area contributed by atoms with Crippen LogP contribution in [0.15, 0.2) is 36.4 Å². The lowest BCUT2D eigenvalue weighted by molar-refractivity contribution is -0.121. The molecule has 1 aliphatic rings. The van der Waals surface area contributed by atoms with Crippen LogP contribution in [0.3, 0.4) is 0 Å². The minimum absolute atomic E-state index is 0.0322. The van der Waals surface area contributed by atoms with E-state index in [0.717, 1.165) is 12.0 Å². The van der Waals surface area contributed by atoms with Crippen LogP contribution in [0.2, 0.25) is 5.02 Å². The molecular weight excluding hydrogens is 366 g/mol. The van der Waals surface area contributed by atoms with Crippen molar-refractivity contribution < 1.29 is 19.1 Å². The first-order valence-corrected chi connectivity index (χ1v) is 9.41. The van der Waals surface area contributed by atoms with Crippen LogP contribution in [-0.2, 0) is 17.8 Å². The summed E-state index contributed by atoms with van der Waals surface area (Å²) in [5, 5.41) is 3.27. The maximum atomic E-state index is 12.2. The zero-order valence-electron chi connectivity index (χ0n) is 15.2. The molecule has 0 aromatic heterocycles. The molecule has 0 spiro atoms. The molecule has 5 nitrogen and oxygen atoms in total. The standard InChI is InChI=1S/C21H22ClNO4/c1-2-14-3-5-16(6-4-14)18(24)7-8-20(25)23-13-15-11-17(22)21-19(12-15)26-9-10-27-21/h3-6,11-12H,2,7-10,13H2,1H3,(H,23,25). The van der Waals surface area contributed by atoms with Crippen molar-refractivity contribution in [3.63, 3.8) is 0 Å². The SMILES string of the molecule is CCc1ccc(C(=O)CCC(=O)NCc2cc(Cl)c3c(c2)OCCO3)cc1. The second-order valence-electron chi connectivity index (χ2n) is 6.35. The lowest BCUT2D eigenvalue weighted by Gasteiger charge is -2.20. The number of ketones is 1. The van der Waals surface area contributed by atoms with Crippen molar-refractivity contribution in [2.45, 2.75) is 32.7 Å². The smallest absolute Gasteiger partial charge is 0.220 e. The molecule has 0 saturated heterocycles. The maximum absolute atomic E-state index is 12.2. The van der Waals surface area contributed by atoms with Gasteiger partial charge in [-0.25, -0.2) is 0 Å². The summed E-state index contributed by atoms with van der Waals surface area (Å²) in [6.07, 6.45) is 1.26. The van der Waals surface area contributed by atoms with Crippen LogP contribution in [0.1, 0.15) is 41.3 Å². The van der Waals surface area contributed by atoms with Gasteiger partial charge in [0.25, 0.3) is 0 Å². The number of hydrogen-bond donors (Lipinski definition) is 1. The molecule has 0 unspecified atom stereocenters. The van der Waals surface area contributed by atoms with Gasteiger partial charge < -0.3 is 14.8 Å². The Balaban J connectivity index is 1.49. The van der Waals surface area contributed by atoms with E-state index in [2.05, 4.69) is 12.2 Å². The van der Waals surface area contributed by atoms with E-state index in [0.29, 0.717) is 41.8 Å². The molecule has 3 rings (SSSR count). The number of benzene rings is 2. The molecule has 1 N–H and O–H groups in total. The predicted octanol–water partition coefficient (Wildman–Crippen LogP) is 3.95. The van der Waals surface area contributed by atoms with Gasteiger partial charge in [-0.1, -0.05) is 42.8 Å². The molecule has 1 heterocycles. The molecule has 2 aromatic carbocycles. The molecule has 1 aliphatic heterocycles. The molecule has 0 bridgehead atoms. The molecule has 142 valence electrons. The molecular formula is C21H22ClNO4. The Kier molecular flexibility index (Phi) is 6.35. The predicted molar refractivity (Wildman–Crippen MR) is 104 cm³/mol. The molecule has 0 radical (unpaired) electrons. The van der Waals surface area contributed by atoms with Crippen LogP contribution < -0.4 is 14.8 Å². The Hall–Kier alpha value is -2.53. The van der Waals surface area contributed by atoms with E-state index in [1.807, 2.05) is 24.3 Å². The lowest BCUT2D eigenvalue weighted by Crippen LogP contribution is -2.23. The van der Waals surface area contributed by atoms with E-state index in [9.17, 15) is 9.59 Å². The van der Waals surface area contributed by atoms with Crippen LogP contribution in [0.4, 0.5) is 0 Å². The summed E-state index contributed by atoms with van der Waals surface area (Å²) in [7, 11) is 0. The maximum Gasteiger partial charge on any atom is 0.220 e. The molecule has 1 amide bonds. The summed E-state index contributed by atoms with van der Waals surface area (Å²) >= 11 is 6.19. The zero-order chi connectivity index (χ0) is 19.2. The van der Waals surface area contributed by atoms with Gasteiger partial charge in [0.15, 0.2) is 17.3 Å². The Morgan fingerprint density at radius 1 is 1.04 bits per heavy atom. The van der Waals surface area contributed by atoms with Crippen molar-refractivity contribution in [3.05, 3.63) is 58.1 Å². The first kappa shape index (κ1) is 19.2. The fraction of sp³-hybridized carbons (Fsp3) is 0.333. The fourth-order valence-corrected chi connectivity index (χ4v) is 3.14. The van der Waals surface area contributed by atoms with Gasteiger partial charge in [0.2, 0.25) is 5.91 Å². The number of halogens is 1. The highest BCUT2D eigenvalue weighted by molar-refractivity contribution is 6.32. The topological polar surface area (TPSA) is 64.6 Å². The monoisotopic (exact) mass is 387 g/mol. The fourth-order valence-electron chi connectivity index (χ4n) is 2.85. The van der Waals surface area contributed by atoms with E-state index in [4.69, 9.17) is 21.1 Å². The Morgan fingerprint density at radius 3 is 2.52 bits per heavy atom. The third kappa shape index (κ3) is 5.01. The van der Waals surface area contributed by atoms with Crippen molar-refractivity contribution >= 4 is 23.3 Å². The molecule has 27 heavy (non-hydrogen) atoms. The van der Waals surface area contributed by atoms with Crippen molar-refractivity contribution in [2.75, 3.05) is 13.2 Å². The van der Waals surface area contributed by atoms with Gasteiger partial charge in [0, 0.05) is 24.9 Å². The summed E-state index contributed by atoms with van der Waals surface area (Å²) in [5.74, 6) is 0.913. The largest absolute Gasteiger partial charge is 0.486 e. The number of amides is 1. The summed E-state index contributed by atoms with van der Waals surface area (Å²) in [4.78, 5) is 24.3. The molecule has 0 aliphatic carbocycles. The summed E-state index contributed by atoms with van der Waals surface area (Å²) in [6, 6.07) is 11.1. The van der Waals surface area contributed by atoms with Crippen LogP contribution in [-0.4, -0.2) is 24.9 Å². The first-order valence-electron chi connectivity index (χ1n) is 9.03. The molecule has 0 fully saturated rings. The Morgan fingerprint density at radius 2 is 1.78 bits per heavy atom. The number of Topliss-reactive ketones (excluding diaryl/α,β-unsaturated/α-hetero) is 1. The number of fused-ring (bicyclic) bond motifs is 1. The summed E-state index contributed by atoms with van der Waals surface area (Å²) in [6.45, 7) is 3.32. The third-order valence-corrected chi connectivity index (χ3v) is 4.69. The van der Waals surface area contributed by atoms with Crippen LogP contribution in [0.5, 0.6) is 11.5 Å². The first-order chi connectivity index (χ1) is 13.1. The van der Waals surface area contributed by atoms with Gasteiger partial charge in [0.1, 0.15) is 13.2 Å². The van der Waals surface area contributed by atoms with Crippen molar-refractivity contribution in [1.29, 1.82) is 0 Å². The highest BCUT2D eigenvalue weighted by Gasteiger charge is 2.17. The minimum atomic E-state index is -0.181. The zero-order valence-corrected chi connectivity index (χ0v) is 16.0. The molecule has 0 saturated carbocycles. The number of carbonyl (C=O) groups excluding carboxylic acids is 2. The van der Waals surface area contributed by atoms with Crippen molar-refractivity contribution in [3.8, 4) is 11.5 Å². The van der Waals surface area contributed by atoms with E-state index < -0.39 is 0 Å². The highest BCUT2D eigenvalue weighted by Crippen LogP contribution is 2.38. The number of ether oxygens (including phenoxy) is 2. The number of rotatable bonds is 7. The quantitative estimate of drug-likeness (QED) is 0.730. The average molecular weight is 388 g/mol. The van der Waals surface area contributed by atoms with E-state index in [1.54, 1.807) is 12.1 Å². The van der Waals surface area contributed by atoms with Crippen molar-refractivity contribution in [2.24, 2.45) is 0 Å². The number of carbonyl (C=O) groups is 2. The number of hydrogen-bond acceptors (Lipinski definition) is 4. The van der Waals surface area contributed by atoms with Gasteiger partial charge in [0.05, 0.1) is 5.02 Å². The second-order valence-corrected chi connectivity index (χ2v) is 6.76. The summed E-state index contributed by atoms with van der Waals surface area (Å²) in [5.41, 5.74) is 2.64. The van der Waals surface area contributed by atoms with E-state index in [-0.39, 0.29) is 24.5 Å². The number of aryl methyl sites for hydroxylation is 1. The second kappa shape index (κ2) is 8.91. The third-order valence-electron chi connectivity index (χ3n) is 4.41. The van der Waals surface area contributed by atoms with Gasteiger partial charge in [-0.15, -0.1) is 0 Å². The van der Waals surface area contributed by atoms with Crippen LogP contribution >= 0.6 is 11.6 Å². The van der Waals surface area contributed by atoms with Crippen LogP contribution in [0, 0.1) is 0 Å². The van der Waals surface area contributed by atoms with Gasteiger partial charge in [-0.05, 0) is 29.7 Å². The highest BCUT2D eigenvalue weighted by atomic mass is 35.5. The molecule has 2 aromatic rings. The lowest BCUT2D eigenvalue weighted by atomic mass is 10.0. The van der Waals surface area contributed by atoms with Gasteiger partial charge in [-0.2, -0.15) is 0 Å².